The van der Waals surface area contributed by atoms with Crippen molar-refractivity contribution in [1.29, 1.82) is 0 Å². The largest absolute Gasteiger partial charge is 0.480 e. The van der Waals surface area contributed by atoms with E-state index in [1.807, 2.05) is 44.2 Å². The number of anilines is 1. The van der Waals surface area contributed by atoms with Crippen molar-refractivity contribution in [2.24, 2.45) is 0 Å². The number of benzene rings is 1. The molecule has 1 rings (SSSR count). The molecular formula is C13H19NO3. The van der Waals surface area contributed by atoms with Gasteiger partial charge in [0.25, 0.3) is 0 Å². The second kappa shape index (κ2) is 6.91. The van der Waals surface area contributed by atoms with Crippen LogP contribution in [0.4, 0.5) is 5.69 Å². The van der Waals surface area contributed by atoms with Crippen LogP contribution in [0.2, 0.25) is 0 Å². The monoisotopic (exact) mass is 237 g/mol. The topological polar surface area (TPSA) is 49.8 Å². The molecule has 0 amide bonds. The van der Waals surface area contributed by atoms with E-state index < -0.39 is 5.97 Å². The van der Waals surface area contributed by atoms with Gasteiger partial charge in [0.1, 0.15) is 6.54 Å². The molecular weight excluding hydrogens is 218 g/mol. The number of hydrogen-bond acceptors (Lipinski definition) is 3. The maximum Gasteiger partial charge on any atom is 0.323 e. The van der Waals surface area contributed by atoms with Gasteiger partial charge in [-0.2, -0.15) is 0 Å². The van der Waals surface area contributed by atoms with E-state index in [9.17, 15) is 4.79 Å². The molecule has 0 aliphatic carbocycles. The van der Waals surface area contributed by atoms with Crippen LogP contribution in [0.3, 0.4) is 0 Å². The van der Waals surface area contributed by atoms with Crippen LogP contribution in [0.25, 0.3) is 0 Å². The lowest BCUT2D eigenvalue weighted by Crippen LogP contribution is -2.33. The second-order valence-corrected chi connectivity index (χ2v) is 4.07. The van der Waals surface area contributed by atoms with Gasteiger partial charge in [0.2, 0.25) is 0 Å². The molecule has 0 atom stereocenters. The van der Waals surface area contributed by atoms with Crippen LogP contribution in [0.15, 0.2) is 30.3 Å². The van der Waals surface area contributed by atoms with Crippen molar-refractivity contribution < 1.29 is 14.6 Å². The Labute approximate surface area is 102 Å². The molecule has 0 saturated carbocycles. The molecule has 17 heavy (non-hydrogen) atoms. The minimum atomic E-state index is -0.835. The number of ether oxygens (including phenoxy) is 1. The highest BCUT2D eigenvalue weighted by atomic mass is 16.5. The average Bonchev–Trinajstić information content (AvgIpc) is 2.28. The van der Waals surface area contributed by atoms with E-state index in [1.165, 1.54) is 0 Å². The van der Waals surface area contributed by atoms with Crippen LogP contribution in [-0.2, 0) is 9.53 Å². The van der Waals surface area contributed by atoms with Gasteiger partial charge in [-0.3, -0.25) is 4.79 Å². The van der Waals surface area contributed by atoms with Crippen molar-refractivity contribution in [2.45, 2.75) is 20.0 Å². The maximum atomic E-state index is 10.8. The lowest BCUT2D eigenvalue weighted by Gasteiger charge is -2.23. The van der Waals surface area contributed by atoms with Gasteiger partial charge >= 0.3 is 5.97 Å². The Morgan fingerprint density at radius 3 is 2.53 bits per heavy atom. The van der Waals surface area contributed by atoms with Crippen LogP contribution in [0.1, 0.15) is 13.8 Å². The number of carboxylic acid groups (broad SMARTS) is 1. The molecule has 0 heterocycles. The van der Waals surface area contributed by atoms with Crippen LogP contribution < -0.4 is 4.90 Å². The van der Waals surface area contributed by atoms with Gasteiger partial charge in [0, 0.05) is 12.2 Å². The van der Waals surface area contributed by atoms with Crippen molar-refractivity contribution in [3.8, 4) is 0 Å². The lowest BCUT2D eigenvalue weighted by atomic mass is 10.3. The zero-order valence-electron chi connectivity index (χ0n) is 10.3. The van der Waals surface area contributed by atoms with Gasteiger partial charge in [-0.1, -0.05) is 18.2 Å². The fourth-order valence-corrected chi connectivity index (χ4v) is 1.50. The Hall–Kier alpha value is -1.55. The first-order chi connectivity index (χ1) is 8.09. The van der Waals surface area contributed by atoms with Crippen LogP contribution >= 0.6 is 0 Å². The summed E-state index contributed by atoms with van der Waals surface area (Å²) in [6.07, 6.45) is 0.164. The molecule has 0 bridgehead atoms. The van der Waals surface area contributed by atoms with E-state index in [0.717, 1.165) is 5.69 Å². The predicted molar refractivity (Wildman–Crippen MR) is 67.4 cm³/mol. The molecule has 0 saturated heterocycles. The summed E-state index contributed by atoms with van der Waals surface area (Å²) in [6, 6.07) is 9.50. The molecule has 0 aliphatic rings. The molecule has 4 heteroatoms. The first kappa shape index (κ1) is 13.5. The minimum Gasteiger partial charge on any atom is -0.480 e. The second-order valence-electron chi connectivity index (χ2n) is 4.07. The molecule has 1 N–H and O–H groups in total. The van der Waals surface area contributed by atoms with Crippen molar-refractivity contribution in [3.05, 3.63) is 30.3 Å². The van der Waals surface area contributed by atoms with Gasteiger partial charge in [0.05, 0.1) is 12.7 Å². The third kappa shape index (κ3) is 5.36. The highest BCUT2D eigenvalue weighted by molar-refractivity contribution is 5.73. The first-order valence-electron chi connectivity index (χ1n) is 5.73. The molecule has 0 spiro atoms. The highest BCUT2D eigenvalue weighted by Crippen LogP contribution is 2.12. The predicted octanol–water partition coefficient (Wildman–Crippen LogP) is 2.00. The number of carbonyl (C=O) groups is 1. The summed E-state index contributed by atoms with van der Waals surface area (Å²) in [6.45, 7) is 5.02. The molecule has 0 aliphatic heterocycles. The van der Waals surface area contributed by atoms with E-state index in [-0.39, 0.29) is 12.6 Å². The molecule has 0 unspecified atom stereocenters. The molecule has 1 aromatic rings. The Bertz CT molecular complexity index is 338. The Morgan fingerprint density at radius 1 is 1.35 bits per heavy atom. The fourth-order valence-electron chi connectivity index (χ4n) is 1.50. The van der Waals surface area contributed by atoms with Crippen molar-refractivity contribution in [1.82, 2.24) is 0 Å². The summed E-state index contributed by atoms with van der Waals surface area (Å²) in [5.74, 6) is -0.835. The SMILES string of the molecule is CC(C)OCCN(CC(=O)O)c1ccccc1. The van der Waals surface area contributed by atoms with Gasteiger partial charge in [0.15, 0.2) is 0 Å². The van der Waals surface area contributed by atoms with Crippen molar-refractivity contribution in [3.63, 3.8) is 0 Å². The molecule has 0 radical (unpaired) electrons. The van der Waals surface area contributed by atoms with Gasteiger partial charge in [-0.15, -0.1) is 0 Å². The number of carboxylic acids is 1. The molecule has 0 fully saturated rings. The average molecular weight is 237 g/mol. The summed E-state index contributed by atoms with van der Waals surface area (Å²) in [5.41, 5.74) is 0.905. The molecule has 0 aromatic heterocycles. The highest BCUT2D eigenvalue weighted by Gasteiger charge is 2.10. The lowest BCUT2D eigenvalue weighted by molar-refractivity contribution is -0.135. The molecule has 4 nitrogen and oxygen atoms in total. The quantitative estimate of drug-likeness (QED) is 0.788. The summed E-state index contributed by atoms with van der Waals surface area (Å²) in [4.78, 5) is 12.6. The summed E-state index contributed by atoms with van der Waals surface area (Å²) < 4.78 is 5.44. The minimum absolute atomic E-state index is 0.00846. The Kier molecular flexibility index (Phi) is 5.49. The number of hydrogen-bond donors (Lipinski definition) is 1. The summed E-state index contributed by atoms with van der Waals surface area (Å²) in [5, 5.41) is 8.87. The number of aliphatic carboxylic acids is 1. The third-order valence-corrected chi connectivity index (χ3v) is 2.26. The van der Waals surface area contributed by atoms with E-state index in [2.05, 4.69) is 0 Å². The molecule has 1 aromatic carbocycles. The van der Waals surface area contributed by atoms with Crippen molar-refractivity contribution in [2.75, 3.05) is 24.6 Å². The maximum absolute atomic E-state index is 10.8. The van der Waals surface area contributed by atoms with Crippen LogP contribution in [0, 0.1) is 0 Å². The number of para-hydroxylation sites is 1. The van der Waals surface area contributed by atoms with E-state index in [0.29, 0.717) is 13.2 Å². The van der Waals surface area contributed by atoms with E-state index in [1.54, 1.807) is 4.90 Å². The Morgan fingerprint density at radius 2 is 2.00 bits per heavy atom. The first-order valence-corrected chi connectivity index (χ1v) is 5.73. The standard InChI is InChI=1S/C13H19NO3/c1-11(2)17-9-8-14(10-13(15)16)12-6-4-3-5-7-12/h3-7,11H,8-10H2,1-2H3,(H,15,16). The number of rotatable bonds is 7. The normalized spacial score (nSPS) is 10.5. The van der Waals surface area contributed by atoms with Crippen LogP contribution in [-0.4, -0.2) is 36.9 Å². The van der Waals surface area contributed by atoms with Crippen molar-refractivity contribution >= 4 is 11.7 Å². The van der Waals surface area contributed by atoms with Gasteiger partial charge in [-0.25, -0.2) is 0 Å². The van der Waals surface area contributed by atoms with E-state index in [4.69, 9.17) is 9.84 Å². The van der Waals surface area contributed by atoms with E-state index >= 15 is 0 Å². The van der Waals surface area contributed by atoms with Crippen LogP contribution in [0.5, 0.6) is 0 Å². The summed E-state index contributed by atoms with van der Waals surface area (Å²) in [7, 11) is 0. The zero-order valence-corrected chi connectivity index (χ0v) is 10.3. The van der Waals surface area contributed by atoms with Gasteiger partial charge in [-0.05, 0) is 26.0 Å². The third-order valence-electron chi connectivity index (χ3n) is 2.26. The summed E-state index contributed by atoms with van der Waals surface area (Å²) >= 11 is 0. The number of nitrogens with zero attached hydrogens (tertiary/aromatic N) is 1. The fraction of sp³-hybridized carbons (Fsp3) is 0.462. The Balaban J connectivity index is 2.58. The smallest absolute Gasteiger partial charge is 0.323 e. The van der Waals surface area contributed by atoms with Gasteiger partial charge < -0.3 is 14.7 Å². The molecule has 94 valence electrons. The zero-order chi connectivity index (χ0) is 12.7.